The fraction of sp³-hybridized carbons (Fsp3) is 0.250. The Morgan fingerprint density at radius 3 is 2.28 bits per heavy atom. The molecule has 0 unspecified atom stereocenters. The van der Waals surface area contributed by atoms with Crippen LogP contribution in [0.15, 0.2) is 48.5 Å². The van der Waals surface area contributed by atoms with Gasteiger partial charge in [-0.3, -0.25) is 0 Å². The van der Waals surface area contributed by atoms with E-state index in [2.05, 4.69) is 42.6 Å². The van der Waals surface area contributed by atoms with E-state index in [1.807, 2.05) is 25.2 Å². The van der Waals surface area contributed by atoms with Gasteiger partial charge in [0, 0.05) is 6.54 Å². The summed E-state index contributed by atoms with van der Waals surface area (Å²) in [5.41, 5.74) is 3.76. The van der Waals surface area contributed by atoms with Crippen molar-refractivity contribution in [3.8, 4) is 5.75 Å². The number of hydrogen-bond acceptors (Lipinski definition) is 2. The predicted molar refractivity (Wildman–Crippen MR) is 74.7 cm³/mol. The van der Waals surface area contributed by atoms with Crippen molar-refractivity contribution in [2.75, 3.05) is 7.05 Å². The lowest BCUT2D eigenvalue weighted by atomic mass is 10.1. The molecule has 0 aliphatic carbocycles. The number of aryl methyl sites for hydroxylation is 1. The largest absolute Gasteiger partial charge is 0.489 e. The Morgan fingerprint density at radius 1 is 0.944 bits per heavy atom. The highest BCUT2D eigenvalue weighted by atomic mass is 16.5. The zero-order valence-corrected chi connectivity index (χ0v) is 10.9. The van der Waals surface area contributed by atoms with Crippen LogP contribution in [0, 0.1) is 6.92 Å². The summed E-state index contributed by atoms with van der Waals surface area (Å²) in [4.78, 5) is 0. The molecule has 94 valence electrons. The molecule has 0 aromatic heterocycles. The van der Waals surface area contributed by atoms with Gasteiger partial charge in [-0.2, -0.15) is 0 Å². The smallest absolute Gasteiger partial charge is 0.119 e. The number of hydrogen-bond donors (Lipinski definition) is 1. The van der Waals surface area contributed by atoms with Gasteiger partial charge in [0.1, 0.15) is 12.4 Å². The molecule has 0 aliphatic heterocycles. The molecule has 0 saturated carbocycles. The first kappa shape index (κ1) is 12.7. The fourth-order valence-corrected chi connectivity index (χ4v) is 1.86. The Kier molecular flexibility index (Phi) is 4.37. The Morgan fingerprint density at radius 2 is 1.61 bits per heavy atom. The first-order valence-corrected chi connectivity index (χ1v) is 6.20. The van der Waals surface area contributed by atoms with Crippen molar-refractivity contribution >= 4 is 0 Å². The molecule has 0 spiro atoms. The van der Waals surface area contributed by atoms with Crippen molar-refractivity contribution in [2.45, 2.75) is 20.1 Å². The molecule has 0 fully saturated rings. The lowest BCUT2D eigenvalue weighted by Crippen LogP contribution is -2.09. The molecular weight excluding hydrogens is 222 g/mol. The van der Waals surface area contributed by atoms with Crippen LogP contribution in [-0.4, -0.2) is 7.05 Å². The van der Waals surface area contributed by atoms with Crippen LogP contribution in [0.25, 0.3) is 0 Å². The second-order valence-electron chi connectivity index (χ2n) is 4.40. The zero-order valence-electron chi connectivity index (χ0n) is 10.9. The van der Waals surface area contributed by atoms with Crippen LogP contribution in [0.4, 0.5) is 0 Å². The summed E-state index contributed by atoms with van der Waals surface area (Å²) in [7, 11) is 1.96. The summed E-state index contributed by atoms with van der Waals surface area (Å²) in [6.45, 7) is 3.56. The first-order chi connectivity index (χ1) is 8.79. The molecule has 0 amide bonds. The van der Waals surface area contributed by atoms with E-state index < -0.39 is 0 Å². The second kappa shape index (κ2) is 6.22. The third kappa shape index (κ3) is 3.34. The van der Waals surface area contributed by atoms with E-state index in [1.54, 1.807) is 0 Å². The van der Waals surface area contributed by atoms with Crippen molar-refractivity contribution in [3.05, 3.63) is 65.2 Å². The van der Waals surface area contributed by atoms with Crippen LogP contribution in [0.3, 0.4) is 0 Å². The highest BCUT2D eigenvalue weighted by molar-refractivity contribution is 5.29. The van der Waals surface area contributed by atoms with Gasteiger partial charge in [-0.1, -0.05) is 42.0 Å². The van der Waals surface area contributed by atoms with Gasteiger partial charge in [0.05, 0.1) is 0 Å². The van der Waals surface area contributed by atoms with E-state index in [1.165, 1.54) is 16.7 Å². The Labute approximate surface area is 109 Å². The van der Waals surface area contributed by atoms with Crippen molar-refractivity contribution in [3.63, 3.8) is 0 Å². The van der Waals surface area contributed by atoms with Crippen LogP contribution < -0.4 is 10.1 Å². The molecule has 1 N–H and O–H groups in total. The molecular formula is C16H19NO. The van der Waals surface area contributed by atoms with E-state index in [4.69, 9.17) is 4.74 Å². The van der Waals surface area contributed by atoms with Crippen LogP contribution in [0.5, 0.6) is 5.75 Å². The quantitative estimate of drug-likeness (QED) is 0.867. The number of benzene rings is 2. The minimum Gasteiger partial charge on any atom is -0.489 e. The maximum Gasteiger partial charge on any atom is 0.119 e. The van der Waals surface area contributed by atoms with Gasteiger partial charge < -0.3 is 10.1 Å². The maximum absolute atomic E-state index is 5.81. The number of rotatable bonds is 5. The number of nitrogens with one attached hydrogen (secondary N) is 1. The minimum absolute atomic E-state index is 0.612. The average Bonchev–Trinajstić information content (AvgIpc) is 2.40. The SMILES string of the molecule is CNCc1ccccc1COc1ccc(C)cc1. The number of ether oxygens (including phenoxy) is 1. The molecule has 0 radical (unpaired) electrons. The van der Waals surface area contributed by atoms with Gasteiger partial charge in [-0.15, -0.1) is 0 Å². The zero-order chi connectivity index (χ0) is 12.8. The second-order valence-corrected chi connectivity index (χ2v) is 4.40. The van der Waals surface area contributed by atoms with Crippen molar-refractivity contribution in [1.82, 2.24) is 5.32 Å². The molecule has 18 heavy (non-hydrogen) atoms. The van der Waals surface area contributed by atoms with E-state index in [0.29, 0.717) is 6.61 Å². The summed E-state index contributed by atoms with van der Waals surface area (Å²) >= 11 is 0. The molecule has 0 saturated heterocycles. The Balaban J connectivity index is 2.03. The van der Waals surface area contributed by atoms with Crippen molar-refractivity contribution in [2.24, 2.45) is 0 Å². The van der Waals surface area contributed by atoms with Crippen LogP contribution in [0.1, 0.15) is 16.7 Å². The molecule has 2 rings (SSSR count). The lowest BCUT2D eigenvalue weighted by Gasteiger charge is -2.11. The topological polar surface area (TPSA) is 21.3 Å². The molecule has 0 heterocycles. The summed E-state index contributed by atoms with van der Waals surface area (Å²) in [6.07, 6.45) is 0. The monoisotopic (exact) mass is 241 g/mol. The summed E-state index contributed by atoms with van der Waals surface area (Å²) in [5, 5.41) is 3.17. The van der Waals surface area contributed by atoms with Gasteiger partial charge in [0.25, 0.3) is 0 Å². The van der Waals surface area contributed by atoms with Crippen molar-refractivity contribution < 1.29 is 4.74 Å². The van der Waals surface area contributed by atoms with E-state index in [-0.39, 0.29) is 0 Å². The van der Waals surface area contributed by atoms with Crippen LogP contribution in [0.2, 0.25) is 0 Å². The van der Waals surface area contributed by atoms with Gasteiger partial charge in [0.2, 0.25) is 0 Å². The van der Waals surface area contributed by atoms with Gasteiger partial charge >= 0.3 is 0 Å². The minimum atomic E-state index is 0.612. The highest BCUT2D eigenvalue weighted by Crippen LogP contribution is 2.15. The molecule has 0 atom stereocenters. The van der Waals surface area contributed by atoms with Gasteiger partial charge in [0.15, 0.2) is 0 Å². The van der Waals surface area contributed by atoms with Gasteiger partial charge in [-0.25, -0.2) is 0 Å². The lowest BCUT2D eigenvalue weighted by molar-refractivity contribution is 0.304. The fourth-order valence-electron chi connectivity index (χ4n) is 1.86. The third-order valence-corrected chi connectivity index (χ3v) is 2.90. The Bertz CT molecular complexity index is 491. The maximum atomic E-state index is 5.81. The summed E-state index contributed by atoms with van der Waals surface area (Å²) in [5.74, 6) is 0.917. The van der Waals surface area contributed by atoms with Gasteiger partial charge in [-0.05, 0) is 37.2 Å². The van der Waals surface area contributed by atoms with E-state index in [0.717, 1.165) is 12.3 Å². The standard InChI is InChI=1S/C16H19NO/c1-13-7-9-16(10-8-13)18-12-15-6-4-3-5-14(15)11-17-2/h3-10,17H,11-12H2,1-2H3. The molecule has 2 aromatic carbocycles. The summed E-state index contributed by atoms with van der Waals surface area (Å²) < 4.78 is 5.81. The van der Waals surface area contributed by atoms with Crippen molar-refractivity contribution in [1.29, 1.82) is 0 Å². The molecule has 2 heteroatoms. The summed E-state index contributed by atoms with van der Waals surface area (Å²) in [6, 6.07) is 16.5. The molecule has 0 aliphatic rings. The molecule has 0 bridgehead atoms. The molecule has 2 nitrogen and oxygen atoms in total. The predicted octanol–water partition coefficient (Wildman–Crippen LogP) is 3.29. The molecule has 2 aromatic rings. The van der Waals surface area contributed by atoms with E-state index in [9.17, 15) is 0 Å². The van der Waals surface area contributed by atoms with Crippen LogP contribution >= 0.6 is 0 Å². The van der Waals surface area contributed by atoms with E-state index >= 15 is 0 Å². The normalized spacial score (nSPS) is 10.3. The Hall–Kier alpha value is -1.80. The third-order valence-electron chi connectivity index (χ3n) is 2.90. The average molecular weight is 241 g/mol. The first-order valence-electron chi connectivity index (χ1n) is 6.20. The van der Waals surface area contributed by atoms with Crippen LogP contribution in [-0.2, 0) is 13.2 Å². The highest BCUT2D eigenvalue weighted by Gasteiger charge is 2.01.